The first kappa shape index (κ1) is 19.9. The Bertz CT molecular complexity index is 825. The molecule has 1 heterocycles. The molecule has 1 aliphatic rings. The second kappa shape index (κ2) is 8.41. The molecule has 1 saturated heterocycles. The third-order valence-electron chi connectivity index (χ3n) is 5.32. The summed E-state index contributed by atoms with van der Waals surface area (Å²) in [6.07, 6.45) is 2.02. The SMILES string of the molecule is NC(=O)[C@]1(Cc2ccc(N)cc2)CCCN1N[C@H](Cc1ccccc1)C(=O)O. The minimum Gasteiger partial charge on any atom is -0.480 e. The van der Waals surface area contributed by atoms with Crippen LogP contribution in [0.5, 0.6) is 0 Å². The maximum absolute atomic E-state index is 12.5. The second-order valence-electron chi connectivity index (χ2n) is 7.28. The van der Waals surface area contributed by atoms with Gasteiger partial charge in [0.05, 0.1) is 0 Å². The Labute approximate surface area is 164 Å². The van der Waals surface area contributed by atoms with Crippen LogP contribution in [-0.4, -0.2) is 40.1 Å². The van der Waals surface area contributed by atoms with Crippen molar-refractivity contribution in [2.24, 2.45) is 5.73 Å². The van der Waals surface area contributed by atoms with E-state index >= 15 is 0 Å². The number of amides is 1. The number of carboxylic acid groups (broad SMARTS) is 1. The number of nitrogen functional groups attached to an aromatic ring is 1. The van der Waals surface area contributed by atoms with E-state index in [0.29, 0.717) is 31.5 Å². The molecule has 7 nitrogen and oxygen atoms in total. The molecule has 2 aromatic rings. The van der Waals surface area contributed by atoms with Crippen molar-refractivity contribution in [2.45, 2.75) is 37.3 Å². The molecule has 0 saturated carbocycles. The molecule has 2 aromatic carbocycles. The highest BCUT2D eigenvalue weighted by Gasteiger charge is 2.47. The fourth-order valence-corrected chi connectivity index (χ4v) is 3.79. The van der Waals surface area contributed by atoms with Gasteiger partial charge in [-0.3, -0.25) is 9.59 Å². The van der Waals surface area contributed by atoms with Crippen LogP contribution >= 0.6 is 0 Å². The minimum absolute atomic E-state index is 0.309. The monoisotopic (exact) mass is 382 g/mol. The second-order valence-corrected chi connectivity index (χ2v) is 7.28. The van der Waals surface area contributed by atoms with Gasteiger partial charge < -0.3 is 16.6 Å². The first-order valence-corrected chi connectivity index (χ1v) is 9.35. The molecule has 3 rings (SSSR count). The van der Waals surface area contributed by atoms with E-state index in [1.807, 2.05) is 42.5 Å². The van der Waals surface area contributed by atoms with Crippen LogP contribution in [0.2, 0.25) is 0 Å². The van der Waals surface area contributed by atoms with Gasteiger partial charge in [-0.15, -0.1) is 0 Å². The molecule has 0 unspecified atom stereocenters. The summed E-state index contributed by atoms with van der Waals surface area (Å²) < 4.78 is 0. The number of carbonyl (C=O) groups is 2. The number of hydrogen-bond donors (Lipinski definition) is 4. The number of nitrogens with one attached hydrogen (secondary N) is 1. The van der Waals surface area contributed by atoms with E-state index < -0.39 is 23.5 Å². The van der Waals surface area contributed by atoms with Gasteiger partial charge in [0.2, 0.25) is 5.91 Å². The highest BCUT2D eigenvalue weighted by molar-refractivity contribution is 5.85. The highest BCUT2D eigenvalue weighted by atomic mass is 16.4. The molecule has 2 atom stereocenters. The van der Waals surface area contributed by atoms with Crippen molar-refractivity contribution in [2.75, 3.05) is 12.3 Å². The van der Waals surface area contributed by atoms with Crippen molar-refractivity contribution in [3.05, 3.63) is 65.7 Å². The topological polar surface area (TPSA) is 122 Å². The Hall–Kier alpha value is -2.90. The Morgan fingerprint density at radius 1 is 1.11 bits per heavy atom. The van der Waals surface area contributed by atoms with Gasteiger partial charge >= 0.3 is 5.97 Å². The number of rotatable bonds is 8. The molecule has 28 heavy (non-hydrogen) atoms. The quantitative estimate of drug-likeness (QED) is 0.511. The summed E-state index contributed by atoms with van der Waals surface area (Å²) in [4.78, 5) is 24.3. The summed E-state index contributed by atoms with van der Waals surface area (Å²) in [6, 6.07) is 15.9. The Kier molecular flexibility index (Phi) is 5.96. The highest BCUT2D eigenvalue weighted by Crippen LogP contribution is 2.32. The number of carbonyl (C=O) groups excluding carboxylic acids is 1. The van der Waals surface area contributed by atoms with E-state index in [-0.39, 0.29) is 0 Å². The first-order valence-electron chi connectivity index (χ1n) is 9.35. The number of carboxylic acids is 1. The predicted octanol–water partition coefficient (Wildman–Crippen LogP) is 1.33. The van der Waals surface area contributed by atoms with Gasteiger partial charge in [0.25, 0.3) is 0 Å². The van der Waals surface area contributed by atoms with Crippen molar-refractivity contribution in [3.8, 4) is 0 Å². The number of hydrogen-bond acceptors (Lipinski definition) is 5. The molecule has 1 amide bonds. The van der Waals surface area contributed by atoms with Gasteiger partial charge in [-0.05, 0) is 42.5 Å². The molecule has 6 N–H and O–H groups in total. The van der Waals surface area contributed by atoms with Crippen LogP contribution in [-0.2, 0) is 22.4 Å². The standard InChI is InChI=1S/C21H26N4O3/c22-17-9-7-16(8-10-17)14-21(20(23)28)11-4-12-25(21)24-18(19(26)27)13-15-5-2-1-3-6-15/h1-3,5-10,18,24H,4,11-14,22H2,(H2,23,28)(H,26,27)/t18-,21-/m1/s1. The fourth-order valence-electron chi connectivity index (χ4n) is 3.79. The lowest BCUT2D eigenvalue weighted by molar-refractivity contribution is -0.144. The summed E-state index contributed by atoms with van der Waals surface area (Å²) >= 11 is 0. The lowest BCUT2D eigenvalue weighted by atomic mass is 9.88. The summed E-state index contributed by atoms with van der Waals surface area (Å²) in [6.45, 7) is 0.552. The van der Waals surface area contributed by atoms with Gasteiger partial charge in [0, 0.05) is 18.7 Å². The van der Waals surface area contributed by atoms with E-state index in [9.17, 15) is 14.7 Å². The molecule has 1 fully saturated rings. The first-order chi connectivity index (χ1) is 13.4. The van der Waals surface area contributed by atoms with Crippen molar-refractivity contribution in [1.82, 2.24) is 10.4 Å². The Morgan fingerprint density at radius 2 is 1.79 bits per heavy atom. The van der Waals surface area contributed by atoms with E-state index in [4.69, 9.17) is 11.5 Å². The van der Waals surface area contributed by atoms with Crippen molar-refractivity contribution in [3.63, 3.8) is 0 Å². The summed E-state index contributed by atoms with van der Waals surface area (Å²) in [7, 11) is 0. The number of primary amides is 1. The molecule has 0 spiro atoms. The number of benzene rings is 2. The van der Waals surface area contributed by atoms with E-state index in [1.165, 1.54) is 0 Å². The molecule has 0 bridgehead atoms. The smallest absolute Gasteiger partial charge is 0.322 e. The molecule has 148 valence electrons. The number of nitrogens with two attached hydrogens (primary N) is 2. The van der Waals surface area contributed by atoms with Gasteiger partial charge in [-0.1, -0.05) is 42.5 Å². The Morgan fingerprint density at radius 3 is 2.39 bits per heavy atom. The number of aliphatic carboxylic acids is 1. The fraction of sp³-hybridized carbons (Fsp3) is 0.333. The van der Waals surface area contributed by atoms with Crippen LogP contribution in [0.1, 0.15) is 24.0 Å². The normalized spacial score (nSPS) is 20.7. The lowest BCUT2D eigenvalue weighted by Crippen LogP contribution is -2.63. The zero-order valence-electron chi connectivity index (χ0n) is 15.7. The van der Waals surface area contributed by atoms with Crippen LogP contribution in [0.4, 0.5) is 5.69 Å². The van der Waals surface area contributed by atoms with Crippen LogP contribution < -0.4 is 16.9 Å². The van der Waals surface area contributed by atoms with Crippen LogP contribution in [0.3, 0.4) is 0 Å². The largest absolute Gasteiger partial charge is 0.480 e. The number of hydrazine groups is 1. The number of nitrogens with zero attached hydrogens (tertiary/aromatic N) is 1. The summed E-state index contributed by atoms with van der Waals surface area (Å²) in [5, 5.41) is 11.4. The Balaban J connectivity index is 1.81. The van der Waals surface area contributed by atoms with Crippen molar-refractivity contribution >= 4 is 17.6 Å². The van der Waals surface area contributed by atoms with E-state index in [2.05, 4.69) is 5.43 Å². The molecule has 1 aliphatic heterocycles. The van der Waals surface area contributed by atoms with E-state index in [1.54, 1.807) is 17.1 Å². The van der Waals surface area contributed by atoms with Gasteiger partial charge in [-0.25, -0.2) is 10.4 Å². The van der Waals surface area contributed by atoms with Crippen LogP contribution in [0.25, 0.3) is 0 Å². The lowest BCUT2D eigenvalue weighted by Gasteiger charge is -2.37. The maximum atomic E-state index is 12.5. The molecule has 0 aromatic heterocycles. The molecular formula is C21H26N4O3. The predicted molar refractivity (Wildman–Crippen MR) is 107 cm³/mol. The zero-order chi connectivity index (χ0) is 20.1. The maximum Gasteiger partial charge on any atom is 0.322 e. The third-order valence-corrected chi connectivity index (χ3v) is 5.32. The number of anilines is 1. The van der Waals surface area contributed by atoms with Crippen LogP contribution in [0.15, 0.2) is 54.6 Å². The van der Waals surface area contributed by atoms with Crippen LogP contribution in [0, 0.1) is 0 Å². The minimum atomic E-state index is -0.972. The summed E-state index contributed by atoms with van der Waals surface area (Å²) in [5.41, 5.74) is 16.1. The van der Waals surface area contributed by atoms with Crippen molar-refractivity contribution in [1.29, 1.82) is 0 Å². The summed E-state index contributed by atoms with van der Waals surface area (Å²) in [5.74, 6) is -1.43. The molecule has 7 heteroatoms. The van der Waals surface area contributed by atoms with Crippen molar-refractivity contribution < 1.29 is 14.7 Å². The van der Waals surface area contributed by atoms with Gasteiger partial charge in [0.1, 0.15) is 11.6 Å². The average molecular weight is 382 g/mol. The third kappa shape index (κ3) is 4.32. The molecule has 0 radical (unpaired) electrons. The van der Waals surface area contributed by atoms with E-state index in [0.717, 1.165) is 17.5 Å². The zero-order valence-corrected chi connectivity index (χ0v) is 15.7. The van der Waals surface area contributed by atoms with Gasteiger partial charge in [-0.2, -0.15) is 0 Å². The molecular weight excluding hydrogens is 356 g/mol. The molecule has 0 aliphatic carbocycles. The van der Waals surface area contributed by atoms with Gasteiger partial charge in [0.15, 0.2) is 0 Å². The average Bonchev–Trinajstić information content (AvgIpc) is 3.07.